The number of aromatic hydroxyl groups is 1. The predicted octanol–water partition coefficient (Wildman–Crippen LogP) is 3.53. The van der Waals surface area contributed by atoms with Crippen LogP contribution in [-0.4, -0.2) is 55.2 Å². The standard InChI is InChI=1S/C22H27N5O2/c1-15-20(10-13-26(4)22(15,2)3)29-21-9-8-18(24-25-21)17-7-6-16(14-19(17)28)27-12-5-11-23-27/h5-9,11-12,14-15,20,28H,10,13H2,1-4H3. The summed E-state index contributed by atoms with van der Waals surface area (Å²) >= 11 is 0. The third-order valence-corrected chi connectivity index (χ3v) is 6.34. The Labute approximate surface area is 171 Å². The minimum absolute atomic E-state index is 0.0679. The van der Waals surface area contributed by atoms with E-state index in [0.717, 1.165) is 18.7 Å². The second-order valence-corrected chi connectivity index (χ2v) is 8.22. The summed E-state index contributed by atoms with van der Waals surface area (Å²) in [5.74, 6) is 1.01. The maximum atomic E-state index is 10.4. The van der Waals surface area contributed by atoms with Crippen molar-refractivity contribution in [3.63, 3.8) is 0 Å². The van der Waals surface area contributed by atoms with E-state index in [2.05, 4.69) is 48.0 Å². The van der Waals surface area contributed by atoms with Crippen LogP contribution in [0.25, 0.3) is 16.9 Å². The average molecular weight is 393 g/mol. The van der Waals surface area contributed by atoms with Crippen molar-refractivity contribution in [1.82, 2.24) is 24.9 Å². The summed E-state index contributed by atoms with van der Waals surface area (Å²) in [5.41, 5.74) is 2.06. The molecule has 4 rings (SSSR count). The summed E-state index contributed by atoms with van der Waals surface area (Å²) in [6.07, 6.45) is 4.58. The van der Waals surface area contributed by atoms with E-state index < -0.39 is 0 Å². The number of likely N-dealkylation sites (tertiary alicyclic amines) is 1. The summed E-state index contributed by atoms with van der Waals surface area (Å²) < 4.78 is 7.86. The van der Waals surface area contributed by atoms with Crippen LogP contribution in [-0.2, 0) is 0 Å². The molecule has 0 bridgehead atoms. The van der Waals surface area contributed by atoms with Gasteiger partial charge < -0.3 is 14.7 Å². The molecule has 3 aromatic rings. The van der Waals surface area contributed by atoms with Crippen LogP contribution in [0.5, 0.6) is 11.6 Å². The summed E-state index contributed by atoms with van der Waals surface area (Å²) in [7, 11) is 2.16. The first-order valence-corrected chi connectivity index (χ1v) is 9.91. The predicted molar refractivity (Wildman–Crippen MR) is 111 cm³/mol. The number of rotatable bonds is 4. The largest absolute Gasteiger partial charge is 0.507 e. The number of hydrogen-bond acceptors (Lipinski definition) is 6. The molecule has 0 saturated carbocycles. The Morgan fingerprint density at radius 2 is 2.00 bits per heavy atom. The van der Waals surface area contributed by atoms with Crippen LogP contribution < -0.4 is 4.74 Å². The summed E-state index contributed by atoms with van der Waals surface area (Å²) in [6, 6.07) is 10.9. The number of aromatic nitrogens is 4. The van der Waals surface area contributed by atoms with Gasteiger partial charge in [0.2, 0.25) is 5.88 Å². The fraction of sp³-hybridized carbons (Fsp3) is 0.409. The first-order chi connectivity index (χ1) is 13.9. The molecule has 1 aliphatic rings. The Morgan fingerprint density at radius 1 is 1.17 bits per heavy atom. The highest BCUT2D eigenvalue weighted by Gasteiger charge is 2.40. The molecule has 1 N–H and O–H groups in total. The third kappa shape index (κ3) is 3.70. The lowest BCUT2D eigenvalue weighted by Crippen LogP contribution is -2.56. The Hall–Kier alpha value is -2.93. The zero-order valence-corrected chi connectivity index (χ0v) is 17.3. The number of hydrogen-bond donors (Lipinski definition) is 1. The number of nitrogens with zero attached hydrogens (tertiary/aromatic N) is 5. The molecule has 0 spiro atoms. The number of benzene rings is 1. The van der Waals surface area contributed by atoms with Crippen molar-refractivity contribution in [2.75, 3.05) is 13.6 Å². The number of phenols is 1. The molecule has 3 heterocycles. The summed E-state index contributed by atoms with van der Waals surface area (Å²) in [4.78, 5) is 2.38. The molecule has 7 heteroatoms. The van der Waals surface area contributed by atoms with Crippen LogP contribution in [0, 0.1) is 5.92 Å². The first kappa shape index (κ1) is 19.4. The van der Waals surface area contributed by atoms with Gasteiger partial charge in [-0.3, -0.25) is 0 Å². The quantitative estimate of drug-likeness (QED) is 0.731. The minimum atomic E-state index is 0.0679. The fourth-order valence-electron chi connectivity index (χ4n) is 3.80. The number of phenolic OH excluding ortho intramolecular Hbond substituents is 1. The smallest absolute Gasteiger partial charge is 0.233 e. The molecule has 152 valence electrons. The van der Waals surface area contributed by atoms with Gasteiger partial charge in [0.25, 0.3) is 0 Å². The minimum Gasteiger partial charge on any atom is -0.507 e. The highest BCUT2D eigenvalue weighted by Crippen LogP contribution is 2.34. The molecule has 2 atom stereocenters. The van der Waals surface area contributed by atoms with Crippen LogP contribution in [0.3, 0.4) is 0 Å². The van der Waals surface area contributed by atoms with Gasteiger partial charge in [-0.2, -0.15) is 5.10 Å². The van der Waals surface area contributed by atoms with E-state index in [1.54, 1.807) is 16.9 Å². The topological polar surface area (TPSA) is 76.3 Å². The van der Waals surface area contributed by atoms with Crippen LogP contribution in [0.15, 0.2) is 48.8 Å². The molecule has 29 heavy (non-hydrogen) atoms. The molecule has 0 aliphatic carbocycles. The molecule has 0 amide bonds. The maximum absolute atomic E-state index is 10.4. The number of piperidine rings is 1. The van der Waals surface area contributed by atoms with Crippen LogP contribution >= 0.6 is 0 Å². The Bertz CT molecular complexity index is 969. The van der Waals surface area contributed by atoms with Gasteiger partial charge in [0.05, 0.1) is 11.4 Å². The highest BCUT2D eigenvalue weighted by atomic mass is 16.5. The zero-order chi connectivity index (χ0) is 20.6. The van der Waals surface area contributed by atoms with Crippen molar-refractivity contribution in [2.45, 2.75) is 38.8 Å². The van der Waals surface area contributed by atoms with Crippen molar-refractivity contribution in [3.8, 4) is 28.6 Å². The second-order valence-electron chi connectivity index (χ2n) is 8.22. The molecule has 2 aromatic heterocycles. The molecule has 2 unspecified atom stereocenters. The normalized spacial score (nSPS) is 21.8. The zero-order valence-electron chi connectivity index (χ0n) is 17.3. The van der Waals surface area contributed by atoms with Gasteiger partial charge in [0.15, 0.2) is 0 Å². The lowest BCUT2D eigenvalue weighted by Gasteiger charge is -2.48. The average Bonchev–Trinajstić information content (AvgIpc) is 3.24. The first-order valence-electron chi connectivity index (χ1n) is 9.91. The van der Waals surface area contributed by atoms with Gasteiger partial charge >= 0.3 is 0 Å². The van der Waals surface area contributed by atoms with E-state index in [9.17, 15) is 5.11 Å². The van der Waals surface area contributed by atoms with E-state index in [0.29, 0.717) is 23.1 Å². The number of ether oxygens (including phenoxy) is 1. The van der Waals surface area contributed by atoms with Crippen molar-refractivity contribution < 1.29 is 9.84 Å². The molecule has 0 radical (unpaired) electrons. The third-order valence-electron chi connectivity index (χ3n) is 6.34. The molecule has 1 aromatic carbocycles. The van der Waals surface area contributed by atoms with Crippen molar-refractivity contribution in [2.24, 2.45) is 5.92 Å². The molecule has 1 saturated heterocycles. The van der Waals surface area contributed by atoms with Gasteiger partial charge in [0, 0.05) is 48.1 Å². The van der Waals surface area contributed by atoms with Gasteiger partial charge in [-0.15, -0.1) is 10.2 Å². The SMILES string of the molecule is CC1C(Oc2ccc(-c3ccc(-n4cccn4)cc3O)nn2)CCN(C)C1(C)C. The highest BCUT2D eigenvalue weighted by molar-refractivity contribution is 5.68. The fourth-order valence-corrected chi connectivity index (χ4v) is 3.80. The van der Waals surface area contributed by atoms with Crippen LogP contribution in [0.4, 0.5) is 0 Å². The van der Waals surface area contributed by atoms with E-state index >= 15 is 0 Å². The Balaban J connectivity index is 1.50. The van der Waals surface area contributed by atoms with Gasteiger partial charge in [0.1, 0.15) is 11.9 Å². The van der Waals surface area contributed by atoms with E-state index in [1.807, 2.05) is 36.5 Å². The monoisotopic (exact) mass is 393 g/mol. The van der Waals surface area contributed by atoms with Gasteiger partial charge in [-0.05, 0) is 51.6 Å². The molecule has 1 aliphatic heterocycles. The van der Waals surface area contributed by atoms with Gasteiger partial charge in [-0.1, -0.05) is 6.92 Å². The van der Waals surface area contributed by atoms with Gasteiger partial charge in [-0.25, -0.2) is 4.68 Å². The lowest BCUT2D eigenvalue weighted by atomic mass is 9.79. The Kier molecular flexibility index (Phi) is 5.00. The molecule has 7 nitrogen and oxygen atoms in total. The van der Waals surface area contributed by atoms with Crippen LogP contribution in [0.1, 0.15) is 27.2 Å². The second kappa shape index (κ2) is 7.48. The van der Waals surface area contributed by atoms with Crippen molar-refractivity contribution in [1.29, 1.82) is 0 Å². The van der Waals surface area contributed by atoms with E-state index in [4.69, 9.17) is 4.74 Å². The molecular formula is C22H27N5O2. The van der Waals surface area contributed by atoms with Crippen molar-refractivity contribution >= 4 is 0 Å². The maximum Gasteiger partial charge on any atom is 0.233 e. The molecular weight excluding hydrogens is 366 g/mol. The van der Waals surface area contributed by atoms with E-state index in [-0.39, 0.29) is 17.4 Å². The Morgan fingerprint density at radius 3 is 2.66 bits per heavy atom. The summed E-state index contributed by atoms with van der Waals surface area (Å²) in [5, 5.41) is 23.1. The molecule has 1 fully saturated rings. The summed E-state index contributed by atoms with van der Waals surface area (Å²) in [6.45, 7) is 7.71. The van der Waals surface area contributed by atoms with Crippen molar-refractivity contribution in [3.05, 3.63) is 48.8 Å². The van der Waals surface area contributed by atoms with E-state index in [1.165, 1.54) is 0 Å². The van der Waals surface area contributed by atoms with Crippen LogP contribution in [0.2, 0.25) is 0 Å². The lowest BCUT2D eigenvalue weighted by molar-refractivity contribution is -0.0301.